The molecule has 0 aromatic heterocycles. The van der Waals surface area contributed by atoms with Crippen LogP contribution < -0.4 is 10.6 Å². The Morgan fingerprint density at radius 2 is 1.88 bits per heavy atom. The number of nitrogens with one attached hydrogen (secondary N) is 2. The van der Waals surface area contributed by atoms with Crippen molar-refractivity contribution in [3.05, 3.63) is 35.4 Å². The fourth-order valence-electron chi connectivity index (χ4n) is 2.41. The summed E-state index contributed by atoms with van der Waals surface area (Å²) in [7, 11) is 0. The van der Waals surface area contributed by atoms with Gasteiger partial charge in [0.1, 0.15) is 6.04 Å². The maximum absolute atomic E-state index is 13.5. The molecule has 0 aliphatic carbocycles. The minimum Gasteiger partial charge on any atom is -0.350 e. The Morgan fingerprint density at radius 1 is 1.25 bits per heavy atom. The first-order chi connectivity index (χ1) is 10.8. The first-order valence-corrected chi connectivity index (χ1v) is 7.04. The third kappa shape index (κ3) is 5.02. The topological polar surface area (TPSA) is 44.4 Å². The smallest absolute Gasteiger partial charge is 0.350 e. The van der Waals surface area contributed by atoms with Gasteiger partial charge < -0.3 is 10.6 Å². The van der Waals surface area contributed by atoms with Crippen LogP contribution in [0.3, 0.4) is 0 Å². The second kappa shape index (κ2) is 8.59. The van der Waals surface area contributed by atoms with Gasteiger partial charge in [-0.3, -0.25) is 9.69 Å². The lowest BCUT2D eigenvalue weighted by Crippen LogP contribution is -2.57. The van der Waals surface area contributed by atoms with Crippen LogP contribution >= 0.6 is 12.4 Å². The quantitative estimate of drug-likeness (QED) is 0.793. The van der Waals surface area contributed by atoms with Crippen molar-refractivity contribution in [3.8, 4) is 0 Å². The summed E-state index contributed by atoms with van der Waals surface area (Å²) in [6, 6.07) is 1.09. The molecule has 2 N–H and O–H groups in total. The molecule has 1 saturated heterocycles. The van der Waals surface area contributed by atoms with Crippen molar-refractivity contribution in [1.82, 2.24) is 15.5 Å². The number of halogens is 6. The lowest BCUT2D eigenvalue weighted by molar-refractivity contribution is -0.183. The van der Waals surface area contributed by atoms with Gasteiger partial charge in [-0.1, -0.05) is 6.07 Å². The molecule has 0 spiro atoms. The van der Waals surface area contributed by atoms with Gasteiger partial charge in [0.15, 0.2) is 11.6 Å². The molecule has 4 nitrogen and oxygen atoms in total. The van der Waals surface area contributed by atoms with Gasteiger partial charge in [0.2, 0.25) is 0 Å². The molecule has 1 atom stereocenters. The third-order valence-electron chi connectivity index (χ3n) is 3.62. The average molecular weight is 374 g/mol. The summed E-state index contributed by atoms with van der Waals surface area (Å²) in [4.78, 5) is 13.0. The Labute approximate surface area is 141 Å². The molecule has 1 aliphatic heterocycles. The van der Waals surface area contributed by atoms with E-state index in [-0.39, 0.29) is 25.5 Å². The predicted octanol–water partition coefficient (Wildman–Crippen LogP) is 1.95. The van der Waals surface area contributed by atoms with Crippen LogP contribution in [0.1, 0.15) is 10.4 Å². The van der Waals surface area contributed by atoms with E-state index >= 15 is 0 Å². The summed E-state index contributed by atoms with van der Waals surface area (Å²) in [6.07, 6.45) is -4.54. The third-order valence-corrected chi connectivity index (χ3v) is 3.62. The van der Waals surface area contributed by atoms with Crippen LogP contribution in [0.2, 0.25) is 0 Å². The molecule has 1 aliphatic rings. The largest absolute Gasteiger partial charge is 0.405 e. The fourth-order valence-corrected chi connectivity index (χ4v) is 2.41. The first-order valence-electron chi connectivity index (χ1n) is 7.04. The number of rotatable bonds is 4. The molecular weight excluding hydrogens is 357 g/mol. The number of hydrogen-bond acceptors (Lipinski definition) is 3. The monoisotopic (exact) mass is 373 g/mol. The molecular formula is C14H17ClF5N3O. The SMILES string of the molecule is Cl.O=C(NCC(N1CCNCC1)C(F)(F)F)c1cccc(F)c1F. The van der Waals surface area contributed by atoms with Crippen molar-refractivity contribution >= 4 is 18.3 Å². The van der Waals surface area contributed by atoms with E-state index in [1.54, 1.807) is 0 Å². The van der Waals surface area contributed by atoms with Gasteiger partial charge >= 0.3 is 6.18 Å². The zero-order valence-corrected chi connectivity index (χ0v) is 13.3. The fraction of sp³-hybridized carbons (Fsp3) is 0.500. The number of carbonyl (C=O) groups is 1. The molecule has 0 bridgehead atoms. The van der Waals surface area contributed by atoms with Crippen molar-refractivity contribution < 1.29 is 26.7 Å². The van der Waals surface area contributed by atoms with Crippen LogP contribution in [0.5, 0.6) is 0 Å². The van der Waals surface area contributed by atoms with Crippen LogP contribution in [0.15, 0.2) is 18.2 Å². The molecule has 1 heterocycles. The molecule has 24 heavy (non-hydrogen) atoms. The second-order valence-corrected chi connectivity index (χ2v) is 5.15. The predicted molar refractivity (Wildman–Crippen MR) is 80.2 cm³/mol. The first kappa shape index (κ1) is 20.6. The Hall–Kier alpha value is -1.45. The van der Waals surface area contributed by atoms with Gasteiger partial charge in [0.05, 0.1) is 5.56 Å². The zero-order valence-electron chi connectivity index (χ0n) is 12.5. The number of amides is 1. The van der Waals surface area contributed by atoms with Gasteiger partial charge in [-0.15, -0.1) is 12.4 Å². The van der Waals surface area contributed by atoms with E-state index in [4.69, 9.17) is 0 Å². The molecule has 1 aromatic carbocycles. The van der Waals surface area contributed by atoms with Crippen LogP contribution in [0.25, 0.3) is 0 Å². The summed E-state index contributed by atoms with van der Waals surface area (Å²) < 4.78 is 66.0. The highest BCUT2D eigenvalue weighted by atomic mass is 35.5. The highest BCUT2D eigenvalue weighted by Crippen LogP contribution is 2.25. The van der Waals surface area contributed by atoms with Gasteiger partial charge in [-0.05, 0) is 12.1 Å². The highest BCUT2D eigenvalue weighted by molar-refractivity contribution is 5.94. The Kier molecular flexibility index (Phi) is 7.37. The number of benzene rings is 1. The summed E-state index contributed by atoms with van der Waals surface area (Å²) in [5.74, 6) is -3.69. The summed E-state index contributed by atoms with van der Waals surface area (Å²) in [6.45, 7) is 0.485. The van der Waals surface area contributed by atoms with E-state index in [0.717, 1.165) is 18.2 Å². The molecule has 10 heteroatoms. The van der Waals surface area contributed by atoms with Gasteiger partial charge in [0.25, 0.3) is 5.91 Å². The van der Waals surface area contributed by atoms with Crippen LogP contribution in [-0.4, -0.2) is 55.7 Å². The maximum atomic E-state index is 13.5. The number of piperazine rings is 1. The minimum atomic E-state index is -4.54. The van der Waals surface area contributed by atoms with Crippen molar-refractivity contribution in [2.75, 3.05) is 32.7 Å². The lowest BCUT2D eigenvalue weighted by Gasteiger charge is -2.35. The number of hydrogen-bond donors (Lipinski definition) is 2. The van der Waals surface area contributed by atoms with E-state index in [2.05, 4.69) is 5.32 Å². The summed E-state index contributed by atoms with van der Waals surface area (Å²) in [5, 5.41) is 4.98. The Balaban J connectivity index is 0.00000288. The standard InChI is InChI=1S/C14H16F5N3O.ClH/c15-10-3-1-2-9(12(10)16)13(23)21-8-11(14(17,18)19)22-6-4-20-5-7-22;/h1-3,11,20H,4-8H2,(H,21,23);1H. The minimum absolute atomic E-state index is 0. The zero-order chi connectivity index (χ0) is 17.0. The van der Waals surface area contributed by atoms with Crippen molar-refractivity contribution in [2.45, 2.75) is 12.2 Å². The molecule has 1 fully saturated rings. The van der Waals surface area contributed by atoms with Crippen LogP contribution in [-0.2, 0) is 0 Å². The van der Waals surface area contributed by atoms with Gasteiger partial charge in [-0.2, -0.15) is 13.2 Å². The average Bonchev–Trinajstić information content (AvgIpc) is 2.50. The summed E-state index contributed by atoms with van der Waals surface area (Å²) in [5.41, 5.74) is -0.619. The van der Waals surface area contributed by atoms with Gasteiger partial charge in [-0.25, -0.2) is 8.78 Å². The van der Waals surface area contributed by atoms with Crippen molar-refractivity contribution in [2.24, 2.45) is 0 Å². The number of alkyl halides is 3. The Morgan fingerprint density at radius 3 is 2.46 bits per heavy atom. The molecule has 1 aromatic rings. The van der Waals surface area contributed by atoms with E-state index in [1.165, 1.54) is 4.90 Å². The molecule has 0 saturated carbocycles. The number of carbonyl (C=O) groups excluding carboxylic acids is 1. The molecule has 136 valence electrons. The molecule has 2 rings (SSSR count). The highest BCUT2D eigenvalue weighted by Gasteiger charge is 2.43. The van der Waals surface area contributed by atoms with Crippen molar-refractivity contribution in [1.29, 1.82) is 0 Å². The molecule has 1 unspecified atom stereocenters. The van der Waals surface area contributed by atoms with Crippen LogP contribution in [0, 0.1) is 11.6 Å². The van der Waals surface area contributed by atoms with E-state index in [0.29, 0.717) is 13.1 Å². The van der Waals surface area contributed by atoms with E-state index in [9.17, 15) is 26.7 Å². The number of nitrogens with zero attached hydrogens (tertiary/aromatic N) is 1. The lowest BCUT2D eigenvalue weighted by atomic mass is 10.1. The van der Waals surface area contributed by atoms with Crippen molar-refractivity contribution in [3.63, 3.8) is 0 Å². The van der Waals surface area contributed by atoms with E-state index in [1.807, 2.05) is 5.32 Å². The second-order valence-electron chi connectivity index (χ2n) is 5.15. The van der Waals surface area contributed by atoms with E-state index < -0.39 is 41.9 Å². The summed E-state index contributed by atoms with van der Waals surface area (Å²) >= 11 is 0. The normalized spacial score (nSPS) is 17.0. The van der Waals surface area contributed by atoms with Crippen LogP contribution in [0.4, 0.5) is 22.0 Å². The Bertz CT molecular complexity index is 564. The maximum Gasteiger partial charge on any atom is 0.405 e. The molecule has 0 radical (unpaired) electrons. The van der Waals surface area contributed by atoms with Gasteiger partial charge in [0, 0.05) is 32.7 Å². The molecule has 1 amide bonds.